The Balaban J connectivity index is 2.02. The average molecular weight is 288 g/mol. The van der Waals surface area contributed by atoms with Gasteiger partial charge in [0.15, 0.2) is 0 Å². The first-order valence-corrected chi connectivity index (χ1v) is 6.96. The van der Waals surface area contributed by atoms with E-state index >= 15 is 0 Å². The number of carbonyl (C=O) groups excluding carboxylic acids is 1. The summed E-state index contributed by atoms with van der Waals surface area (Å²) in [5.74, 6) is 0.209. The number of allylic oxidation sites excluding steroid dienone is 1. The van der Waals surface area contributed by atoms with Gasteiger partial charge in [0.05, 0.1) is 11.4 Å². The van der Waals surface area contributed by atoms with Gasteiger partial charge in [0.25, 0.3) is 5.91 Å². The molecule has 0 bridgehead atoms. The van der Waals surface area contributed by atoms with E-state index in [2.05, 4.69) is 10.4 Å². The summed E-state index contributed by atoms with van der Waals surface area (Å²) in [4.78, 5) is 12.2. The van der Waals surface area contributed by atoms with E-state index in [9.17, 15) is 4.79 Å². The molecule has 0 radical (unpaired) electrons. The molecule has 0 amide bonds. The van der Waals surface area contributed by atoms with Crippen LogP contribution in [0.15, 0.2) is 48.0 Å². The molecule has 0 saturated heterocycles. The number of halogens is 1. The number of aromatic nitrogens is 2. The normalized spacial score (nSPS) is 17.9. The molecule has 2 heterocycles. The Labute approximate surface area is 122 Å². The van der Waals surface area contributed by atoms with Crippen molar-refractivity contribution in [2.45, 2.75) is 6.54 Å². The molecule has 20 heavy (non-hydrogen) atoms. The van der Waals surface area contributed by atoms with E-state index < -0.39 is 0 Å². The Hall–Kier alpha value is -1.91. The van der Waals surface area contributed by atoms with Crippen molar-refractivity contribution in [2.75, 3.05) is 12.4 Å². The maximum atomic E-state index is 12.2. The van der Waals surface area contributed by atoms with E-state index in [4.69, 9.17) is 11.6 Å². The summed E-state index contributed by atoms with van der Waals surface area (Å²) in [6.45, 7) is 1.22. The molecule has 1 aliphatic rings. The average Bonchev–Trinajstić information content (AvgIpc) is 2.89. The first kappa shape index (κ1) is 13.1. The van der Waals surface area contributed by atoms with Gasteiger partial charge in [-0.3, -0.25) is 4.79 Å². The van der Waals surface area contributed by atoms with E-state index in [1.807, 2.05) is 36.4 Å². The van der Waals surface area contributed by atoms with Gasteiger partial charge >= 0.3 is 0 Å². The van der Waals surface area contributed by atoms with Gasteiger partial charge in [-0.05, 0) is 11.6 Å². The highest BCUT2D eigenvalue weighted by Crippen LogP contribution is 2.19. The SMILES string of the molecule is O=C1/C=C(/CCl)CNCc2cc(-c3ccccc3)nn21. The van der Waals surface area contributed by atoms with Gasteiger partial charge in [0.2, 0.25) is 0 Å². The van der Waals surface area contributed by atoms with Gasteiger partial charge in [-0.15, -0.1) is 11.6 Å². The number of carbonyl (C=O) groups is 1. The van der Waals surface area contributed by atoms with E-state index in [1.165, 1.54) is 4.68 Å². The highest BCUT2D eigenvalue weighted by Gasteiger charge is 2.16. The summed E-state index contributed by atoms with van der Waals surface area (Å²) >= 11 is 5.81. The van der Waals surface area contributed by atoms with Crippen LogP contribution < -0.4 is 5.32 Å². The summed E-state index contributed by atoms with van der Waals surface area (Å²) < 4.78 is 1.45. The molecule has 0 fully saturated rings. The number of nitrogens with zero attached hydrogens (tertiary/aromatic N) is 2. The van der Waals surface area contributed by atoms with E-state index in [-0.39, 0.29) is 5.91 Å². The largest absolute Gasteiger partial charge is 0.307 e. The van der Waals surface area contributed by atoms with Gasteiger partial charge in [0.1, 0.15) is 0 Å². The smallest absolute Gasteiger partial charge is 0.271 e. The molecule has 0 aliphatic carbocycles. The van der Waals surface area contributed by atoms with Gasteiger partial charge in [-0.2, -0.15) is 9.78 Å². The summed E-state index contributed by atoms with van der Waals surface area (Å²) in [6.07, 6.45) is 1.56. The van der Waals surface area contributed by atoms with E-state index in [1.54, 1.807) is 6.08 Å². The monoisotopic (exact) mass is 287 g/mol. The summed E-state index contributed by atoms with van der Waals surface area (Å²) in [7, 11) is 0. The van der Waals surface area contributed by atoms with Gasteiger partial charge in [-0.25, -0.2) is 0 Å². The third kappa shape index (κ3) is 2.53. The molecule has 5 heteroatoms. The molecule has 1 N–H and O–H groups in total. The van der Waals surface area contributed by atoms with Crippen LogP contribution in [-0.4, -0.2) is 28.1 Å². The first-order chi connectivity index (χ1) is 9.78. The second-order valence-electron chi connectivity index (χ2n) is 4.68. The van der Waals surface area contributed by atoms with Crippen LogP contribution >= 0.6 is 11.6 Å². The van der Waals surface area contributed by atoms with Crippen molar-refractivity contribution in [3.05, 3.63) is 53.7 Å². The van der Waals surface area contributed by atoms with Crippen LogP contribution in [0.1, 0.15) is 10.5 Å². The van der Waals surface area contributed by atoms with Gasteiger partial charge < -0.3 is 5.32 Å². The zero-order valence-electron chi connectivity index (χ0n) is 10.8. The maximum Gasteiger partial charge on any atom is 0.271 e. The van der Waals surface area contributed by atoms with Crippen LogP contribution in [0.2, 0.25) is 0 Å². The number of rotatable bonds is 2. The third-order valence-electron chi connectivity index (χ3n) is 3.22. The zero-order chi connectivity index (χ0) is 13.9. The minimum Gasteiger partial charge on any atom is -0.307 e. The standard InChI is InChI=1S/C15H14ClN3O/c16-8-11-6-15(20)19-13(10-17-9-11)7-14(18-19)12-4-2-1-3-5-12/h1-7,17H,8-10H2/b11-6-. The molecule has 2 aromatic rings. The summed E-state index contributed by atoms with van der Waals surface area (Å²) in [5.41, 5.74) is 3.54. The fraction of sp³-hybridized carbons (Fsp3) is 0.200. The quantitative estimate of drug-likeness (QED) is 0.863. The minimum atomic E-state index is -0.140. The van der Waals surface area contributed by atoms with Crippen molar-refractivity contribution in [3.63, 3.8) is 0 Å². The Bertz CT molecular complexity index is 661. The number of nitrogens with one attached hydrogen (secondary N) is 1. The maximum absolute atomic E-state index is 12.2. The molecular formula is C15H14ClN3O. The predicted molar refractivity (Wildman–Crippen MR) is 78.8 cm³/mol. The molecule has 1 aromatic heterocycles. The van der Waals surface area contributed by atoms with Gasteiger partial charge in [-0.1, -0.05) is 30.3 Å². The second kappa shape index (κ2) is 5.61. The van der Waals surface area contributed by atoms with Crippen molar-refractivity contribution in [1.29, 1.82) is 0 Å². The number of hydrogen-bond donors (Lipinski definition) is 1. The fourth-order valence-corrected chi connectivity index (χ4v) is 2.38. The van der Waals surface area contributed by atoms with Crippen LogP contribution in [0, 0.1) is 0 Å². The molecule has 0 unspecified atom stereocenters. The highest BCUT2D eigenvalue weighted by atomic mass is 35.5. The van der Waals surface area contributed by atoms with Crippen LogP contribution in [0.5, 0.6) is 0 Å². The third-order valence-corrected chi connectivity index (χ3v) is 3.56. The topological polar surface area (TPSA) is 46.9 Å². The Morgan fingerprint density at radius 1 is 1.25 bits per heavy atom. The van der Waals surface area contributed by atoms with Crippen molar-refractivity contribution >= 4 is 17.5 Å². The number of fused-ring (bicyclic) bond motifs is 1. The van der Waals surface area contributed by atoms with E-state index in [0.29, 0.717) is 19.0 Å². The lowest BCUT2D eigenvalue weighted by atomic mass is 10.1. The molecule has 0 spiro atoms. The van der Waals surface area contributed by atoms with Crippen LogP contribution in [0.4, 0.5) is 0 Å². The molecule has 0 atom stereocenters. The minimum absolute atomic E-state index is 0.140. The Morgan fingerprint density at radius 3 is 2.80 bits per heavy atom. The summed E-state index contributed by atoms with van der Waals surface area (Å²) in [6, 6.07) is 11.8. The second-order valence-corrected chi connectivity index (χ2v) is 4.94. The fourth-order valence-electron chi connectivity index (χ4n) is 2.21. The lowest BCUT2D eigenvalue weighted by molar-refractivity contribution is 0.0948. The van der Waals surface area contributed by atoms with Crippen molar-refractivity contribution in [2.24, 2.45) is 0 Å². The Kier molecular flexibility index (Phi) is 3.67. The predicted octanol–water partition coefficient (Wildman–Crippen LogP) is 2.46. The molecule has 1 aromatic carbocycles. The lowest BCUT2D eigenvalue weighted by Crippen LogP contribution is -2.26. The van der Waals surface area contributed by atoms with Crippen LogP contribution in [-0.2, 0) is 6.54 Å². The van der Waals surface area contributed by atoms with Crippen molar-refractivity contribution < 1.29 is 4.79 Å². The lowest BCUT2D eigenvalue weighted by Gasteiger charge is -2.11. The Morgan fingerprint density at radius 2 is 2.05 bits per heavy atom. The number of alkyl halides is 1. The molecule has 1 aliphatic heterocycles. The highest BCUT2D eigenvalue weighted by molar-refractivity contribution is 6.19. The summed E-state index contributed by atoms with van der Waals surface area (Å²) in [5, 5.41) is 7.68. The zero-order valence-corrected chi connectivity index (χ0v) is 11.6. The number of hydrogen-bond acceptors (Lipinski definition) is 3. The number of benzene rings is 1. The molecule has 4 nitrogen and oxygen atoms in total. The van der Waals surface area contributed by atoms with Crippen LogP contribution in [0.25, 0.3) is 11.3 Å². The first-order valence-electron chi connectivity index (χ1n) is 6.43. The molecule has 102 valence electrons. The molecule has 0 saturated carbocycles. The molecular weight excluding hydrogens is 274 g/mol. The van der Waals surface area contributed by atoms with Crippen molar-refractivity contribution in [1.82, 2.24) is 15.1 Å². The van der Waals surface area contributed by atoms with E-state index in [0.717, 1.165) is 22.5 Å². The van der Waals surface area contributed by atoms with Gasteiger partial charge in [0, 0.05) is 30.6 Å². The molecule has 3 rings (SSSR count). The van der Waals surface area contributed by atoms with Crippen molar-refractivity contribution in [3.8, 4) is 11.3 Å². The van der Waals surface area contributed by atoms with Crippen LogP contribution in [0.3, 0.4) is 0 Å².